The second kappa shape index (κ2) is 7.56. The Hall–Kier alpha value is -3.23. The lowest BCUT2D eigenvalue weighted by Gasteiger charge is -2.09. The van der Waals surface area contributed by atoms with Crippen molar-refractivity contribution in [2.24, 2.45) is 5.16 Å². The zero-order chi connectivity index (χ0) is 17.6. The fraction of sp³-hybridized carbons (Fsp3) is 0.312. The number of methoxy groups -OCH3 is 1. The first kappa shape index (κ1) is 16.6. The number of hydrogen-bond acceptors (Lipinski definition) is 8. The molecular formula is C16H16N4O5. The van der Waals surface area contributed by atoms with Crippen molar-refractivity contribution in [1.82, 2.24) is 10.3 Å². The Bertz CT molecular complexity index is 797. The van der Waals surface area contributed by atoms with Crippen LogP contribution >= 0.6 is 0 Å². The van der Waals surface area contributed by atoms with E-state index in [2.05, 4.69) is 25.5 Å². The topological polar surface area (TPSA) is 116 Å². The SMILES string of the molecule is COC(=O)c1ccc(NC(=O)CO/N=C2/CCCc3nonc32)cc1. The number of nitrogens with one attached hydrogen (secondary N) is 1. The molecule has 0 bridgehead atoms. The number of carbonyl (C=O) groups is 2. The lowest BCUT2D eigenvalue weighted by atomic mass is 9.99. The van der Waals surface area contributed by atoms with Gasteiger partial charge in [-0.05, 0) is 48.7 Å². The number of carbonyl (C=O) groups excluding carboxylic acids is 2. The molecule has 0 unspecified atom stereocenters. The number of ether oxygens (including phenoxy) is 1. The van der Waals surface area contributed by atoms with Crippen molar-refractivity contribution in [1.29, 1.82) is 0 Å². The van der Waals surface area contributed by atoms with Gasteiger partial charge in [-0.25, -0.2) is 9.42 Å². The summed E-state index contributed by atoms with van der Waals surface area (Å²) in [6, 6.07) is 6.32. The zero-order valence-electron chi connectivity index (χ0n) is 13.5. The number of anilines is 1. The minimum Gasteiger partial charge on any atom is -0.465 e. The van der Waals surface area contributed by atoms with E-state index in [0.29, 0.717) is 29.1 Å². The second-order valence-corrected chi connectivity index (χ2v) is 5.34. The summed E-state index contributed by atoms with van der Waals surface area (Å²) in [4.78, 5) is 28.3. The smallest absolute Gasteiger partial charge is 0.337 e. The minimum absolute atomic E-state index is 0.247. The van der Waals surface area contributed by atoms with Gasteiger partial charge in [-0.3, -0.25) is 4.79 Å². The summed E-state index contributed by atoms with van der Waals surface area (Å²) in [5.74, 6) is -0.810. The van der Waals surface area contributed by atoms with E-state index >= 15 is 0 Å². The van der Waals surface area contributed by atoms with Gasteiger partial charge in [0.1, 0.15) is 11.4 Å². The molecule has 1 aromatic carbocycles. The average Bonchev–Trinajstić information content (AvgIpc) is 3.11. The number of benzene rings is 1. The lowest BCUT2D eigenvalue weighted by Crippen LogP contribution is -2.18. The summed E-state index contributed by atoms with van der Waals surface area (Å²) in [7, 11) is 1.31. The molecule has 0 fully saturated rings. The number of rotatable bonds is 5. The maximum absolute atomic E-state index is 11.9. The highest BCUT2D eigenvalue weighted by Gasteiger charge is 2.21. The second-order valence-electron chi connectivity index (χ2n) is 5.34. The maximum atomic E-state index is 11.9. The van der Waals surface area contributed by atoms with Crippen molar-refractivity contribution < 1.29 is 23.8 Å². The van der Waals surface area contributed by atoms with Gasteiger partial charge in [0.05, 0.1) is 12.7 Å². The molecule has 1 aliphatic rings. The van der Waals surface area contributed by atoms with Crippen LogP contribution in [0.1, 0.15) is 34.6 Å². The van der Waals surface area contributed by atoms with E-state index in [1.54, 1.807) is 24.3 Å². The number of oxime groups is 1. The summed E-state index contributed by atoms with van der Waals surface area (Å²) >= 11 is 0. The average molecular weight is 344 g/mol. The van der Waals surface area contributed by atoms with Gasteiger partial charge in [-0.1, -0.05) is 10.3 Å². The van der Waals surface area contributed by atoms with Gasteiger partial charge in [0.25, 0.3) is 5.91 Å². The number of hydrogen-bond donors (Lipinski definition) is 1. The molecule has 1 amide bonds. The molecular weight excluding hydrogens is 328 g/mol. The quantitative estimate of drug-likeness (QED) is 0.646. The predicted octanol–water partition coefficient (Wildman–Crippen LogP) is 1.55. The third kappa shape index (κ3) is 4.00. The molecule has 1 aromatic heterocycles. The Morgan fingerprint density at radius 3 is 2.80 bits per heavy atom. The van der Waals surface area contributed by atoms with E-state index in [9.17, 15) is 9.59 Å². The predicted molar refractivity (Wildman–Crippen MR) is 86.1 cm³/mol. The molecule has 1 N–H and O–H groups in total. The number of nitrogens with zero attached hydrogens (tertiary/aromatic N) is 3. The van der Waals surface area contributed by atoms with Crippen molar-refractivity contribution >= 4 is 23.3 Å². The normalized spacial score (nSPS) is 14.7. The Morgan fingerprint density at radius 2 is 2.04 bits per heavy atom. The molecule has 0 saturated heterocycles. The maximum Gasteiger partial charge on any atom is 0.337 e. The van der Waals surface area contributed by atoms with E-state index in [1.807, 2.05) is 0 Å². The number of esters is 1. The summed E-state index contributed by atoms with van der Waals surface area (Å²) in [6.45, 7) is -0.247. The molecule has 9 nitrogen and oxygen atoms in total. The first-order chi connectivity index (χ1) is 12.2. The van der Waals surface area contributed by atoms with Gasteiger partial charge in [0.15, 0.2) is 12.3 Å². The number of fused-ring (bicyclic) bond motifs is 1. The van der Waals surface area contributed by atoms with E-state index in [-0.39, 0.29) is 12.5 Å². The van der Waals surface area contributed by atoms with Crippen LogP contribution in [0.3, 0.4) is 0 Å². The third-order valence-corrected chi connectivity index (χ3v) is 3.62. The zero-order valence-corrected chi connectivity index (χ0v) is 13.5. The fourth-order valence-electron chi connectivity index (χ4n) is 2.39. The highest BCUT2D eigenvalue weighted by molar-refractivity contribution is 6.00. The van der Waals surface area contributed by atoms with Crippen LogP contribution in [-0.4, -0.2) is 41.6 Å². The van der Waals surface area contributed by atoms with Crippen LogP contribution in [0.15, 0.2) is 34.1 Å². The van der Waals surface area contributed by atoms with Crippen molar-refractivity contribution in [3.63, 3.8) is 0 Å². The molecule has 1 heterocycles. The van der Waals surface area contributed by atoms with Crippen LogP contribution in [0, 0.1) is 0 Å². The van der Waals surface area contributed by atoms with Gasteiger partial charge in [0, 0.05) is 5.69 Å². The molecule has 130 valence electrons. The van der Waals surface area contributed by atoms with E-state index in [1.165, 1.54) is 7.11 Å². The van der Waals surface area contributed by atoms with Gasteiger partial charge >= 0.3 is 5.97 Å². The molecule has 9 heteroatoms. The van der Waals surface area contributed by atoms with E-state index in [4.69, 9.17) is 9.47 Å². The van der Waals surface area contributed by atoms with Crippen molar-refractivity contribution in [3.8, 4) is 0 Å². The summed E-state index contributed by atoms with van der Waals surface area (Å²) in [6.07, 6.45) is 2.36. The summed E-state index contributed by atoms with van der Waals surface area (Å²) in [5, 5.41) is 14.2. The molecule has 1 aliphatic carbocycles. The molecule has 2 aromatic rings. The Morgan fingerprint density at radius 1 is 1.24 bits per heavy atom. The summed E-state index contributed by atoms with van der Waals surface area (Å²) in [5.41, 5.74) is 2.90. The van der Waals surface area contributed by atoms with Crippen molar-refractivity contribution in [2.45, 2.75) is 19.3 Å². The Labute approximate surface area is 142 Å². The van der Waals surface area contributed by atoms with E-state index in [0.717, 1.165) is 18.5 Å². The van der Waals surface area contributed by atoms with Crippen LogP contribution in [0.5, 0.6) is 0 Å². The van der Waals surface area contributed by atoms with Gasteiger partial charge in [-0.2, -0.15) is 0 Å². The van der Waals surface area contributed by atoms with Gasteiger partial charge in [-0.15, -0.1) is 0 Å². The highest BCUT2D eigenvalue weighted by atomic mass is 16.6. The standard InChI is InChI=1S/C16H16N4O5/c1-23-16(22)10-5-7-11(8-6-10)17-14(21)9-24-18-12-3-2-4-13-15(12)20-25-19-13/h5-8H,2-4,9H2,1H3,(H,17,21)/b18-12-. The molecule has 25 heavy (non-hydrogen) atoms. The monoisotopic (exact) mass is 344 g/mol. The fourth-order valence-corrected chi connectivity index (χ4v) is 2.39. The third-order valence-electron chi connectivity index (χ3n) is 3.62. The van der Waals surface area contributed by atoms with Crippen molar-refractivity contribution in [3.05, 3.63) is 41.2 Å². The number of aryl methyl sites for hydroxylation is 1. The molecule has 0 spiro atoms. The molecule has 0 saturated carbocycles. The van der Waals surface area contributed by atoms with Gasteiger partial charge in [0.2, 0.25) is 0 Å². The Kier molecular flexibility index (Phi) is 5.03. The molecule has 3 rings (SSSR count). The van der Waals surface area contributed by atoms with E-state index < -0.39 is 5.97 Å². The van der Waals surface area contributed by atoms with Crippen LogP contribution in [0.2, 0.25) is 0 Å². The molecule has 0 atom stereocenters. The lowest BCUT2D eigenvalue weighted by molar-refractivity contribution is -0.120. The van der Waals surface area contributed by atoms with Crippen LogP contribution in [-0.2, 0) is 20.8 Å². The van der Waals surface area contributed by atoms with Crippen LogP contribution in [0.4, 0.5) is 5.69 Å². The van der Waals surface area contributed by atoms with Gasteiger partial charge < -0.3 is 14.9 Å². The number of amides is 1. The Balaban J connectivity index is 1.52. The highest BCUT2D eigenvalue weighted by Crippen LogP contribution is 2.18. The first-order valence-corrected chi connectivity index (χ1v) is 7.66. The molecule has 0 radical (unpaired) electrons. The summed E-state index contributed by atoms with van der Waals surface area (Å²) < 4.78 is 9.30. The van der Waals surface area contributed by atoms with Crippen LogP contribution < -0.4 is 5.32 Å². The van der Waals surface area contributed by atoms with Crippen LogP contribution in [0.25, 0.3) is 0 Å². The minimum atomic E-state index is -0.439. The first-order valence-electron chi connectivity index (χ1n) is 7.66. The largest absolute Gasteiger partial charge is 0.465 e. The molecule has 0 aliphatic heterocycles. The number of aromatic nitrogens is 2. The van der Waals surface area contributed by atoms with Crippen molar-refractivity contribution in [2.75, 3.05) is 19.0 Å².